The van der Waals surface area contributed by atoms with Gasteiger partial charge in [0.05, 0.1) is 5.25 Å². The first-order chi connectivity index (χ1) is 7.81. The van der Waals surface area contributed by atoms with Crippen LogP contribution in [0.25, 0.3) is 0 Å². The molecule has 0 spiro atoms. The maximum Gasteiger partial charge on any atom is 0.233 e. The summed E-state index contributed by atoms with van der Waals surface area (Å²) in [5.74, 6) is 1.46. The maximum atomic E-state index is 12.0. The minimum absolute atomic E-state index is 0.243. The van der Waals surface area contributed by atoms with E-state index in [0.717, 1.165) is 25.0 Å². The normalized spacial score (nSPS) is 42.2. The summed E-state index contributed by atoms with van der Waals surface area (Å²) in [6, 6.07) is 1.77. The second-order valence-corrected chi connectivity index (χ2v) is 6.63. The molecule has 0 aromatic carbocycles. The molecule has 16 heavy (non-hydrogen) atoms. The van der Waals surface area contributed by atoms with E-state index in [2.05, 4.69) is 10.6 Å². The van der Waals surface area contributed by atoms with E-state index in [1.165, 1.54) is 19.3 Å². The minimum Gasteiger partial charge on any atom is -0.352 e. The Balaban J connectivity index is 1.52. The summed E-state index contributed by atoms with van der Waals surface area (Å²) in [5.41, 5.74) is 0. The van der Waals surface area contributed by atoms with Crippen molar-refractivity contribution in [2.75, 3.05) is 5.75 Å². The van der Waals surface area contributed by atoms with Gasteiger partial charge < -0.3 is 10.6 Å². The predicted octanol–water partition coefficient (Wildman–Crippen LogP) is 1.28. The number of piperidine rings is 1. The molecule has 3 fully saturated rings. The molecular weight excluding hydrogens is 220 g/mol. The van der Waals surface area contributed by atoms with Crippen molar-refractivity contribution in [3.63, 3.8) is 0 Å². The van der Waals surface area contributed by atoms with Crippen LogP contribution in [0.3, 0.4) is 0 Å². The first kappa shape index (κ1) is 10.9. The zero-order valence-electron chi connectivity index (χ0n) is 9.58. The van der Waals surface area contributed by atoms with E-state index < -0.39 is 0 Å². The lowest BCUT2D eigenvalue weighted by atomic mass is 9.99. The number of thioether (sulfide) groups is 1. The number of carbonyl (C=O) groups excluding carboxylic acids is 1. The van der Waals surface area contributed by atoms with Crippen LogP contribution >= 0.6 is 11.8 Å². The summed E-state index contributed by atoms with van der Waals surface area (Å²) in [6.07, 6.45) is 7.16. The fraction of sp³-hybridized carbons (Fsp3) is 0.917. The Morgan fingerprint density at radius 1 is 1.19 bits per heavy atom. The van der Waals surface area contributed by atoms with E-state index in [1.54, 1.807) is 0 Å². The third-order valence-electron chi connectivity index (χ3n) is 4.04. The largest absolute Gasteiger partial charge is 0.352 e. The van der Waals surface area contributed by atoms with Crippen LogP contribution in [0.4, 0.5) is 0 Å². The van der Waals surface area contributed by atoms with Crippen LogP contribution in [-0.4, -0.2) is 35.0 Å². The molecule has 2 bridgehead atoms. The first-order valence-corrected chi connectivity index (χ1v) is 7.54. The molecule has 3 rings (SSSR count). The molecule has 0 aromatic rings. The van der Waals surface area contributed by atoms with Gasteiger partial charge in [-0.2, -0.15) is 0 Å². The van der Waals surface area contributed by atoms with Crippen molar-refractivity contribution in [1.82, 2.24) is 10.6 Å². The van der Waals surface area contributed by atoms with Gasteiger partial charge in [-0.1, -0.05) is 0 Å². The van der Waals surface area contributed by atoms with Gasteiger partial charge in [0.1, 0.15) is 0 Å². The molecule has 3 saturated heterocycles. The average molecular weight is 240 g/mol. The van der Waals surface area contributed by atoms with E-state index in [0.29, 0.717) is 24.0 Å². The first-order valence-electron chi connectivity index (χ1n) is 6.49. The summed E-state index contributed by atoms with van der Waals surface area (Å²) in [7, 11) is 0. The number of rotatable bonds is 2. The molecule has 3 atom stereocenters. The van der Waals surface area contributed by atoms with E-state index in [1.807, 2.05) is 11.8 Å². The maximum absolute atomic E-state index is 12.0. The van der Waals surface area contributed by atoms with Gasteiger partial charge in [-0.05, 0) is 44.3 Å². The monoisotopic (exact) mass is 240 g/mol. The molecule has 0 aliphatic carbocycles. The average Bonchev–Trinajstić information content (AvgIpc) is 2.88. The number of hydrogen-bond donors (Lipinski definition) is 2. The fourth-order valence-electron chi connectivity index (χ4n) is 3.25. The summed E-state index contributed by atoms with van der Waals surface area (Å²) in [6.45, 7) is 0. The quantitative estimate of drug-likeness (QED) is 0.764. The molecule has 0 saturated carbocycles. The molecule has 1 amide bonds. The highest BCUT2D eigenvalue weighted by Gasteiger charge is 2.35. The SMILES string of the molecule is O=C(NC1CC2CCC(C1)N2)C1CCCS1. The van der Waals surface area contributed by atoms with E-state index in [4.69, 9.17) is 0 Å². The van der Waals surface area contributed by atoms with Gasteiger partial charge in [0, 0.05) is 18.1 Å². The highest BCUT2D eigenvalue weighted by Crippen LogP contribution is 2.29. The van der Waals surface area contributed by atoms with Gasteiger partial charge >= 0.3 is 0 Å². The molecule has 2 N–H and O–H groups in total. The Kier molecular flexibility index (Phi) is 3.11. The van der Waals surface area contributed by atoms with Crippen molar-refractivity contribution in [3.05, 3.63) is 0 Å². The Morgan fingerprint density at radius 2 is 1.94 bits per heavy atom. The molecule has 3 aliphatic heterocycles. The van der Waals surface area contributed by atoms with Crippen LogP contribution in [0.1, 0.15) is 38.5 Å². The molecule has 4 heteroatoms. The molecule has 3 nitrogen and oxygen atoms in total. The lowest BCUT2D eigenvalue weighted by Gasteiger charge is -2.30. The van der Waals surface area contributed by atoms with E-state index >= 15 is 0 Å². The van der Waals surface area contributed by atoms with Gasteiger partial charge in [0.15, 0.2) is 0 Å². The molecule has 3 aliphatic rings. The zero-order valence-corrected chi connectivity index (χ0v) is 10.4. The van der Waals surface area contributed by atoms with E-state index in [-0.39, 0.29) is 5.25 Å². The van der Waals surface area contributed by atoms with Crippen LogP contribution in [0.15, 0.2) is 0 Å². The Labute approximate surface area is 101 Å². The molecular formula is C12H20N2OS. The number of hydrogen-bond acceptors (Lipinski definition) is 3. The van der Waals surface area contributed by atoms with Crippen LogP contribution in [0, 0.1) is 0 Å². The van der Waals surface area contributed by atoms with Crippen molar-refractivity contribution >= 4 is 17.7 Å². The molecule has 90 valence electrons. The van der Waals surface area contributed by atoms with Gasteiger partial charge in [0.2, 0.25) is 5.91 Å². The highest BCUT2D eigenvalue weighted by atomic mass is 32.2. The zero-order chi connectivity index (χ0) is 11.0. The van der Waals surface area contributed by atoms with Gasteiger partial charge in [-0.15, -0.1) is 11.8 Å². The van der Waals surface area contributed by atoms with Crippen LogP contribution in [0.5, 0.6) is 0 Å². The third kappa shape index (κ3) is 2.23. The van der Waals surface area contributed by atoms with Gasteiger partial charge in [-0.25, -0.2) is 0 Å². The molecule has 3 unspecified atom stereocenters. The van der Waals surface area contributed by atoms with Crippen molar-refractivity contribution in [3.8, 4) is 0 Å². The van der Waals surface area contributed by atoms with Crippen LogP contribution in [-0.2, 0) is 4.79 Å². The second kappa shape index (κ2) is 4.57. The van der Waals surface area contributed by atoms with Crippen molar-refractivity contribution < 1.29 is 4.79 Å². The third-order valence-corrected chi connectivity index (χ3v) is 5.42. The lowest BCUT2D eigenvalue weighted by Crippen LogP contribution is -2.49. The van der Waals surface area contributed by atoms with Gasteiger partial charge in [-0.3, -0.25) is 4.79 Å². The van der Waals surface area contributed by atoms with Gasteiger partial charge in [0.25, 0.3) is 0 Å². The van der Waals surface area contributed by atoms with Crippen molar-refractivity contribution in [1.29, 1.82) is 0 Å². The van der Waals surface area contributed by atoms with Crippen molar-refractivity contribution in [2.24, 2.45) is 0 Å². The topological polar surface area (TPSA) is 41.1 Å². The predicted molar refractivity (Wildman–Crippen MR) is 66.6 cm³/mol. The van der Waals surface area contributed by atoms with Crippen LogP contribution in [0.2, 0.25) is 0 Å². The number of fused-ring (bicyclic) bond motifs is 2. The van der Waals surface area contributed by atoms with Crippen molar-refractivity contribution in [2.45, 2.75) is 61.9 Å². The Hall–Kier alpha value is -0.220. The molecule has 3 heterocycles. The van der Waals surface area contributed by atoms with Crippen LogP contribution < -0.4 is 10.6 Å². The minimum atomic E-state index is 0.243. The molecule has 0 aromatic heterocycles. The fourth-order valence-corrected chi connectivity index (χ4v) is 4.42. The summed E-state index contributed by atoms with van der Waals surface area (Å²) in [5, 5.41) is 7.11. The summed E-state index contributed by atoms with van der Waals surface area (Å²) in [4.78, 5) is 12.0. The Morgan fingerprint density at radius 3 is 2.56 bits per heavy atom. The smallest absolute Gasteiger partial charge is 0.233 e. The standard InChI is InChI=1S/C12H20N2OS/c15-12(11-2-1-5-16-11)14-10-6-8-3-4-9(7-10)13-8/h8-11,13H,1-7H2,(H,14,15). The highest BCUT2D eigenvalue weighted by molar-refractivity contribution is 8.00. The second-order valence-electron chi connectivity index (χ2n) is 5.32. The molecule has 0 radical (unpaired) electrons. The number of amides is 1. The summed E-state index contributed by atoms with van der Waals surface area (Å²) >= 11 is 1.83. The Bertz CT molecular complexity index is 266. The number of carbonyl (C=O) groups is 1. The van der Waals surface area contributed by atoms with E-state index in [9.17, 15) is 4.79 Å². The number of nitrogens with one attached hydrogen (secondary N) is 2. The summed E-state index contributed by atoms with van der Waals surface area (Å²) < 4.78 is 0. The lowest BCUT2D eigenvalue weighted by molar-refractivity contribution is -0.121.